The molecule has 102 valence electrons. The van der Waals surface area contributed by atoms with Crippen LogP contribution in [0.25, 0.3) is 5.69 Å². The van der Waals surface area contributed by atoms with Crippen molar-refractivity contribution in [3.63, 3.8) is 0 Å². The number of aromatic nitrogens is 2. The van der Waals surface area contributed by atoms with Crippen LogP contribution in [0.15, 0.2) is 30.6 Å². The third-order valence-electron chi connectivity index (χ3n) is 3.49. The van der Waals surface area contributed by atoms with Crippen LogP contribution in [0.4, 0.5) is 0 Å². The number of hydrogen-bond donors (Lipinski definition) is 0. The molecule has 2 aromatic rings. The average molecular weight is 270 g/mol. The second-order valence-electron chi connectivity index (χ2n) is 4.73. The van der Waals surface area contributed by atoms with Crippen molar-refractivity contribution in [2.75, 3.05) is 7.11 Å². The van der Waals surface area contributed by atoms with Gasteiger partial charge >= 0.3 is 5.97 Å². The summed E-state index contributed by atoms with van der Waals surface area (Å²) in [5.74, 6) is -0.249. The molecule has 0 saturated carbocycles. The van der Waals surface area contributed by atoms with Crippen LogP contribution in [0, 0.1) is 0 Å². The molecule has 0 N–H and O–H groups in total. The highest BCUT2D eigenvalue weighted by Crippen LogP contribution is 2.23. The van der Waals surface area contributed by atoms with Crippen LogP contribution >= 0.6 is 0 Å². The minimum absolute atomic E-state index is 0.126. The highest BCUT2D eigenvalue weighted by molar-refractivity contribution is 5.97. The Hall–Kier alpha value is -2.43. The summed E-state index contributed by atoms with van der Waals surface area (Å²) in [4.78, 5) is 27.7. The topological polar surface area (TPSA) is 61.2 Å². The summed E-state index contributed by atoms with van der Waals surface area (Å²) in [7, 11) is 1.35. The zero-order valence-electron chi connectivity index (χ0n) is 11.1. The second-order valence-corrected chi connectivity index (χ2v) is 4.73. The number of fused-ring (bicyclic) bond motifs is 1. The molecule has 5 nitrogen and oxygen atoms in total. The summed E-state index contributed by atoms with van der Waals surface area (Å²) in [6.07, 6.45) is 3.94. The van der Waals surface area contributed by atoms with E-state index in [0.29, 0.717) is 17.7 Å². The SMILES string of the molecule is COC(=O)c1ccc(-n2cnc3c2C(=O)CCC3)cc1. The molecule has 0 unspecified atom stereocenters. The van der Waals surface area contributed by atoms with Gasteiger partial charge < -0.3 is 4.74 Å². The molecule has 5 heteroatoms. The van der Waals surface area contributed by atoms with E-state index in [2.05, 4.69) is 9.72 Å². The molecule has 20 heavy (non-hydrogen) atoms. The van der Waals surface area contributed by atoms with E-state index < -0.39 is 0 Å². The lowest BCUT2D eigenvalue weighted by atomic mass is 9.99. The van der Waals surface area contributed by atoms with Crippen molar-refractivity contribution in [1.29, 1.82) is 0 Å². The number of benzene rings is 1. The number of methoxy groups -OCH3 is 1. The van der Waals surface area contributed by atoms with Gasteiger partial charge in [0.2, 0.25) is 0 Å². The zero-order chi connectivity index (χ0) is 14.1. The Morgan fingerprint density at radius 3 is 2.70 bits per heavy atom. The lowest BCUT2D eigenvalue weighted by Gasteiger charge is -2.13. The predicted molar refractivity (Wildman–Crippen MR) is 72.2 cm³/mol. The summed E-state index contributed by atoms with van der Waals surface area (Å²) < 4.78 is 6.45. The lowest BCUT2D eigenvalue weighted by molar-refractivity contribution is 0.0600. The zero-order valence-corrected chi connectivity index (χ0v) is 11.1. The van der Waals surface area contributed by atoms with Gasteiger partial charge in [-0.2, -0.15) is 0 Å². The molecule has 1 aromatic carbocycles. The minimum atomic E-state index is -0.375. The number of Topliss-reactive ketones (excluding diaryl/α,β-unsaturated/α-hetero) is 1. The van der Waals surface area contributed by atoms with Crippen molar-refractivity contribution >= 4 is 11.8 Å². The van der Waals surface area contributed by atoms with Gasteiger partial charge in [0.25, 0.3) is 0 Å². The maximum absolute atomic E-state index is 12.0. The van der Waals surface area contributed by atoms with Gasteiger partial charge in [-0.15, -0.1) is 0 Å². The van der Waals surface area contributed by atoms with Gasteiger partial charge in [-0.05, 0) is 37.1 Å². The molecular weight excluding hydrogens is 256 g/mol. The molecule has 1 aliphatic carbocycles. The average Bonchev–Trinajstić information content (AvgIpc) is 2.92. The first-order valence-corrected chi connectivity index (χ1v) is 6.49. The number of esters is 1. The summed E-state index contributed by atoms with van der Waals surface area (Å²) in [6, 6.07) is 6.94. The quantitative estimate of drug-likeness (QED) is 0.785. The van der Waals surface area contributed by atoms with E-state index in [9.17, 15) is 9.59 Å². The molecule has 0 saturated heterocycles. The number of nitrogens with zero attached hydrogens (tertiary/aromatic N) is 2. The standard InChI is InChI=1S/C15H14N2O3/c1-20-15(19)10-5-7-11(8-6-10)17-9-16-12-3-2-4-13(18)14(12)17/h5-9H,2-4H2,1H3. The van der Waals surface area contributed by atoms with Crippen molar-refractivity contribution in [2.24, 2.45) is 0 Å². The van der Waals surface area contributed by atoms with E-state index in [0.717, 1.165) is 24.2 Å². The molecule has 0 radical (unpaired) electrons. The lowest BCUT2D eigenvalue weighted by Crippen LogP contribution is -2.14. The number of rotatable bonds is 2. The van der Waals surface area contributed by atoms with Gasteiger partial charge in [0.05, 0.1) is 18.4 Å². The van der Waals surface area contributed by atoms with Crippen LogP contribution in [0.3, 0.4) is 0 Å². The smallest absolute Gasteiger partial charge is 0.337 e. The number of aryl methyl sites for hydroxylation is 1. The van der Waals surface area contributed by atoms with E-state index in [1.54, 1.807) is 35.2 Å². The van der Waals surface area contributed by atoms with Crippen molar-refractivity contribution in [1.82, 2.24) is 9.55 Å². The largest absolute Gasteiger partial charge is 0.465 e. The van der Waals surface area contributed by atoms with E-state index in [-0.39, 0.29) is 11.8 Å². The number of carbonyl (C=O) groups is 2. The first kappa shape index (κ1) is 12.6. The molecule has 0 aliphatic heterocycles. The van der Waals surface area contributed by atoms with Crippen molar-refractivity contribution in [3.8, 4) is 5.69 Å². The van der Waals surface area contributed by atoms with Crippen LogP contribution in [-0.4, -0.2) is 28.4 Å². The molecule has 0 bridgehead atoms. The Labute approximate surface area is 116 Å². The highest BCUT2D eigenvalue weighted by Gasteiger charge is 2.23. The van der Waals surface area contributed by atoms with Crippen LogP contribution in [0.5, 0.6) is 0 Å². The Morgan fingerprint density at radius 2 is 2.00 bits per heavy atom. The van der Waals surface area contributed by atoms with Crippen molar-refractivity contribution in [3.05, 3.63) is 47.5 Å². The van der Waals surface area contributed by atoms with Gasteiger partial charge in [-0.3, -0.25) is 9.36 Å². The Bertz CT molecular complexity index is 671. The summed E-state index contributed by atoms with van der Waals surface area (Å²) in [5, 5.41) is 0. The first-order valence-electron chi connectivity index (χ1n) is 6.49. The molecule has 0 amide bonds. The highest BCUT2D eigenvalue weighted by atomic mass is 16.5. The minimum Gasteiger partial charge on any atom is -0.465 e. The first-order chi connectivity index (χ1) is 9.70. The molecule has 0 spiro atoms. The van der Waals surface area contributed by atoms with Crippen LogP contribution in [0.1, 0.15) is 39.4 Å². The van der Waals surface area contributed by atoms with E-state index >= 15 is 0 Å². The summed E-state index contributed by atoms with van der Waals surface area (Å²) in [5.41, 5.74) is 2.83. The number of ether oxygens (including phenoxy) is 1. The van der Waals surface area contributed by atoms with Gasteiger partial charge in [-0.25, -0.2) is 9.78 Å². The third kappa shape index (κ3) is 2.01. The molecular formula is C15H14N2O3. The fraction of sp³-hybridized carbons (Fsp3) is 0.267. The van der Waals surface area contributed by atoms with Crippen molar-refractivity contribution < 1.29 is 14.3 Å². The Balaban J connectivity index is 2.00. The fourth-order valence-corrected chi connectivity index (χ4v) is 2.47. The van der Waals surface area contributed by atoms with Gasteiger partial charge in [0, 0.05) is 12.1 Å². The molecule has 0 fully saturated rings. The van der Waals surface area contributed by atoms with E-state index in [1.165, 1.54) is 7.11 Å². The summed E-state index contributed by atoms with van der Waals surface area (Å²) in [6.45, 7) is 0. The molecule has 0 atom stereocenters. The van der Waals surface area contributed by atoms with Gasteiger partial charge in [0.1, 0.15) is 12.0 Å². The van der Waals surface area contributed by atoms with Gasteiger partial charge in [-0.1, -0.05) is 0 Å². The van der Waals surface area contributed by atoms with Crippen LogP contribution in [0.2, 0.25) is 0 Å². The number of ketones is 1. The monoisotopic (exact) mass is 270 g/mol. The van der Waals surface area contributed by atoms with Gasteiger partial charge in [0.15, 0.2) is 5.78 Å². The van der Waals surface area contributed by atoms with Crippen LogP contribution in [-0.2, 0) is 11.2 Å². The maximum Gasteiger partial charge on any atom is 0.337 e. The third-order valence-corrected chi connectivity index (χ3v) is 3.49. The number of imidazole rings is 1. The normalized spacial score (nSPS) is 13.9. The number of hydrogen-bond acceptors (Lipinski definition) is 4. The molecule has 1 aromatic heterocycles. The van der Waals surface area contributed by atoms with Crippen molar-refractivity contribution in [2.45, 2.75) is 19.3 Å². The van der Waals surface area contributed by atoms with Crippen LogP contribution < -0.4 is 0 Å². The summed E-state index contributed by atoms with van der Waals surface area (Å²) >= 11 is 0. The van der Waals surface area contributed by atoms with E-state index in [4.69, 9.17) is 0 Å². The second kappa shape index (κ2) is 4.92. The maximum atomic E-state index is 12.0. The number of carbonyl (C=O) groups excluding carboxylic acids is 2. The Morgan fingerprint density at radius 1 is 1.25 bits per heavy atom. The Kier molecular flexibility index (Phi) is 3.10. The molecule has 1 heterocycles. The predicted octanol–water partition coefficient (Wildman–Crippen LogP) is 2.18. The fourth-order valence-electron chi connectivity index (χ4n) is 2.47. The molecule has 3 rings (SSSR count). The van der Waals surface area contributed by atoms with E-state index in [1.807, 2.05) is 0 Å². The molecule has 1 aliphatic rings.